The monoisotopic (exact) mass is 391 g/mol. The van der Waals surface area contributed by atoms with Crippen LogP contribution in [-0.4, -0.2) is 21.9 Å². The van der Waals surface area contributed by atoms with Crippen LogP contribution in [0.1, 0.15) is 27.2 Å². The van der Waals surface area contributed by atoms with Crippen molar-refractivity contribution in [2.45, 2.75) is 6.92 Å². The number of benzene rings is 2. The van der Waals surface area contributed by atoms with Crippen molar-refractivity contribution in [2.75, 3.05) is 0 Å². The second kappa shape index (κ2) is 8.29. The third-order valence-corrected chi connectivity index (χ3v) is 4.28. The van der Waals surface area contributed by atoms with Gasteiger partial charge in [-0.2, -0.15) is 20.1 Å². The van der Waals surface area contributed by atoms with Gasteiger partial charge in [-0.25, -0.2) is 5.43 Å². The number of nitriles is 1. The summed E-state index contributed by atoms with van der Waals surface area (Å²) in [5.74, 6) is -0.651. The molecule has 7 nitrogen and oxygen atoms in total. The van der Waals surface area contributed by atoms with E-state index in [0.717, 1.165) is 4.68 Å². The van der Waals surface area contributed by atoms with Gasteiger partial charge in [-0.15, -0.1) is 0 Å². The molecule has 2 aromatic carbocycles. The molecule has 1 amide bonds. The molecular weight excluding hydrogens is 378 g/mol. The van der Waals surface area contributed by atoms with E-state index in [1.165, 1.54) is 13.1 Å². The van der Waals surface area contributed by atoms with Crippen LogP contribution in [-0.2, 0) is 0 Å². The maximum atomic E-state index is 12.6. The lowest BCUT2D eigenvalue weighted by atomic mass is 10.1. The van der Waals surface area contributed by atoms with Crippen LogP contribution in [0.4, 0.5) is 0 Å². The molecule has 3 aromatic rings. The molecule has 0 atom stereocenters. The van der Waals surface area contributed by atoms with E-state index in [-0.39, 0.29) is 16.8 Å². The summed E-state index contributed by atoms with van der Waals surface area (Å²) < 4.78 is 1.03. The Morgan fingerprint density at radius 1 is 1.21 bits per heavy atom. The largest absolute Gasteiger partial charge is 0.292 e. The minimum absolute atomic E-state index is 0.0729. The number of carbonyl (C=O) groups excluding carboxylic acids is 1. The fourth-order valence-corrected chi connectivity index (χ4v) is 2.67. The minimum Gasteiger partial charge on any atom is -0.266 e. The van der Waals surface area contributed by atoms with E-state index in [4.69, 9.17) is 11.6 Å². The zero-order chi connectivity index (χ0) is 20.1. The Morgan fingerprint density at radius 3 is 2.57 bits per heavy atom. The van der Waals surface area contributed by atoms with Gasteiger partial charge in [0.25, 0.3) is 11.5 Å². The number of nitrogens with zero attached hydrogens (tertiary/aromatic N) is 4. The second-order valence-corrected chi connectivity index (χ2v) is 6.14. The lowest BCUT2D eigenvalue weighted by Crippen LogP contribution is -2.31. The number of aromatic nitrogens is 2. The van der Waals surface area contributed by atoms with Crippen molar-refractivity contribution in [3.8, 4) is 11.8 Å². The average molecular weight is 392 g/mol. The van der Waals surface area contributed by atoms with E-state index in [1.54, 1.807) is 54.6 Å². The summed E-state index contributed by atoms with van der Waals surface area (Å²) >= 11 is 6.04. The zero-order valence-corrected chi connectivity index (χ0v) is 15.5. The van der Waals surface area contributed by atoms with Gasteiger partial charge in [-0.3, -0.25) is 9.59 Å². The Bertz CT molecular complexity index is 1160. The van der Waals surface area contributed by atoms with E-state index in [9.17, 15) is 14.9 Å². The molecule has 0 aliphatic carbocycles. The number of carbonyl (C=O) groups is 1. The lowest BCUT2D eigenvalue weighted by Gasteiger charge is -2.10. The number of halogens is 1. The summed E-state index contributed by atoms with van der Waals surface area (Å²) in [5.41, 5.74) is 2.78. The normalized spacial score (nSPS) is 10.6. The van der Waals surface area contributed by atoms with Crippen LogP contribution in [0, 0.1) is 18.3 Å². The first-order chi connectivity index (χ1) is 13.5. The number of amides is 1. The van der Waals surface area contributed by atoms with Crippen LogP contribution in [0.2, 0.25) is 5.02 Å². The Kier molecular flexibility index (Phi) is 5.63. The maximum Gasteiger partial charge on any atom is 0.292 e. The van der Waals surface area contributed by atoms with Crippen LogP contribution >= 0.6 is 11.6 Å². The molecule has 1 aromatic heterocycles. The standard InChI is InChI=1S/C20H14ClN5O2/c1-13-16(11-22)20(28)26(15-8-3-2-4-9-15)25-18(13)19(27)24-23-12-14-7-5-6-10-17(14)21/h2-10,12H,1H3,(H,24,27)/b23-12+. The number of nitrogens with one attached hydrogen (secondary N) is 1. The molecule has 0 aliphatic rings. The molecule has 3 rings (SSSR count). The van der Waals surface area contributed by atoms with Crippen molar-refractivity contribution in [1.82, 2.24) is 15.2 Å². The number of hydrogen-bond acceptors (Lipinski definition) is 5. The van der Waals surface area contributed by atoms with Crippen molar-refractivity contribution < 1.29 is 4.79 Å². The minimum atomic E-state index is -0.651. The predicted octanol–water partition coefficient (Wildman–Crippen LogP) is 2.83. The van der Waals surface area contributed by atoms with Gasteiger partial charge in [-0.1, -0.05) is 48.0 Å². The van der Waals surface area contributed by atoms with Crippen molar-refractivity contribution in [2.24, 2.45) is 5.10 Å². The Hall–Kier alpha value is -3.76. The fraction of sp³-hybridized carbons (Fsp3) is 0.0500. The molecule has 0 aliphatic heterocycles. The highest BCUT2D eigenvalue weighted by molar-refractivity contribution is 6.33. The zero-order valence-electron chi connectivity index (χ0n) is 14.8. The number of rotatable bonds is 4. The van der Waals surface area contributed by atoms with Crippen molar-refractivity contribution in [1.29, 1.82) is 5.26 Å². The van der Waals surface area contributed by atoms with Gasteiger partial charge < -0.3 is 0 Å². The van der Waals surface area contributed by atoms with Crippen molar-refractivity contribution in [3.63, 3.8) is 0 Å². The summed E-state index contributed by atoms with van der Waals surface area (Å²) in [4.78, 5) is 25.1. The number of hydrazone groups is 1. The van der Waals surface area contributed by atoms with Gasteiger partial charge in [-0.05, 0) is 25.1 Å². The number of hydrogen-bond donors (Lipinski definition) is 1. The SMILES string of the molecule is Cc1c(C(=O)N/N=C/c2ccccc2Cl)nn(-c2ccccc2)c(=O)c1C#N. The summed E-state index contributed by atoms with van der Waals surface area (Å²) in [5, 5.41) is 17.9. The second-order valence-electron chi connectivity index (χ2n) is 5.73. The average Bonchev–Trinajstić information content (AvgIpc) is 2.70. The smallest absolute Gasteiger partial charge is 0.266 e. The van der Waals surface area contributed by atoms with Crippen LogP contribution in [0.15, 0.2) is 64.5 Å². The first-order valence-electron chi connectivity index (χ1n) is 8.20. The fourth-order valence-electron chi connectivity index (χ4n) is 2.49. The van der Waals surface area contributed by atoms with E-state index in [1.807, 2.05) is 6.07 Å². The first-order valence-corrected chi connectivity index (χ1v) is 8.58. The van der Waals surface area contributed by atoms with Gasteiger partial charge >= 0.3 is 0 Å². The molecule has 0 radical (unpaired) electrons. The van der Waals surface area contributed by atoms with Crippen LogP contribution in [0.3, 0.4) is 0 Å². The van der Waals surface area contributed by atoms with Crippen molar-refractivity contribution >= 4 is 23.7 Å². The molecule has 138 valence electrons. The molecular formula is C20H14ClN5O2. The van der Waals surface area contributed by atoms with Crippen LogP contribution in [0.25, 0.3) is 5.69 Å². The Balaban J connectivity index is 1.97. The number of para-hydroxylation sites is 1. The molecule has 1 N–H and O–H groups in total. The molecule has 0 saturated carbocycles. The summed E-state index contributed by atoms with van der Waals surface area (Å²) in [6.07, 6.45) is 1.40. The molecule has 28 heavy (non-hydrogen) atoms. The summed E-state index contributed by atoms with van der Waals surface area (Å²) in [7, 11) is 0. The van der Waals surface area contributed by atoms with Gasteiger partial charge in [0.1, 0.15) is 11.6 Å². The Labute approximate surface area is 165 Å². The maximum absolute atomic E-state index is 12.6. The molecule has 0 bridgehead atoms. The highest BCUT2D eigenvalue weighted by Gasteiger charge is 2.20. The first kappa shape index (κ1) is 19.0. The summed E-state index contributed by atoms with van der Waals surface area (Å²) in [6, 6.07) is 17.4. The summed E-state index contributed by atoms with van der Waals surface area (Å²) in [6.45, 7) is 1.50. The molecule has 1 heterocycles. The molecule has 0 spiro atoms. The lowest BCUT2D eigenvalue weighted by molar-refractivity contribution is 0.0947. The highest BCUT2D eigenvalue weighted by atomic mass is 35.5. The quantitative estimate of drug-likeness (QED) is 0.545. The molecule has 0 fully saturated rings. The van der Waals surface area contributed by atoms with E-state index >= 15 is 0 Å². The van der Waals surface area contributed by atoms with E-state index < -0.39 is 11.5 Å². The van der Waals surface area contributed by atoms with Crippen LogP contribution in [0.5, 0.6) is 0 Å². The Morgan fingerprint density at radius 2 is 1.89 bits per heavy atom. The topological polar surface area (TPSA) is 100 Å². The van der Waals surface area contributed by atoms with Crippen molar-refractivity contribution in [3.05, 3.63) is 92.4 Å². The van der Waals surface area contributed by atoms with Gasteiger partial charge in [0.15, 0.2) is 5.69 Å². The molecule has 8 heteroatoms. The van der Waals surface area contributed by atoms with Gasteiger partial charge in [0.05, 0.1) is 11.9 Å². The third-order valence-electron chi connectivity index (χ3n) is 3.94. The van der Waals surface area contributed by atoms with E-state index in [2.05, 4.69) is 15.6 Å². The van der Waals surface area contributed by atoms with Crippen LogP contribution < -0.4 is 11.0 Å². The molecule has 0 saturated heterocycles. The predicted molar refractivity (Wildman–Crippen MR) is 106 cm³/mol. The molecule has 0 unspecified atom stereocenters. The van der Waals surface area contributed by atoms with Gasteiger partial charge in [0.2, 0.25) is 0 Å². The van der Waals surface area contributed by atoms with Gasteiger partial charge in [0, 0.05) is 16.1 Å². The third kappa shape index (κ3) is 3.82. The highest BCUT2D eigenvalue weighted by Crippen LogP contribution is 2.13. The van der Waals surface area contributed by atoms with E-state index in [0.29, 0.717) is 16.3 Å².